The van der Waals surface area contributed by atoms with Gasteiger partial charge in [-0.1, -0.05) is 51.4 Å². The zero-order valence-electron chi connectivity index (χ0n) is 10.3. The number of nitrogens with one attached hydrogen (secondary N) is 1. The number of carbonyl (C=O) groups is 2. The quantitative estimate of drug-likeness (QED) is 0.306. The summed E-state index contributed by atoms with van der Waals surface area (Å²) < 4.78 is 0. The van der Waals surface area contributed by atoms with E-state index in [0.717, 1.165) is 13.0 Å². The molecule has 2 amide bonds. The van der Waals surface area contributed by atoms with Crippen LogP contribution >= 0.6 is 25.3 Å². The molecule has 0 aliphatic rings. The first-order valence-electron chi connectivity index (χ1n) is 4.45. The van der Waals surface area contributed by atoms with E-state index in [1.807, 2.05) is 0 Å². The van der Waals surface area contributed by atoms with Crippen LogP contribution in [-0.2, 0) is 0 Å². The second-order valence-electron chi connectivity index (χ2n) is 2.63. The zero-order valence-corrected chi connectivity index (χ0v) is 14.2. The molecule has 15 heavy (non-hydrogen) atoms. The Bertz CT molecular complexity index is 172. The van der Waals surface area contributed by atoms with Gasteiger partial charge in [0.2, 0.25) is 0 Å². The van der Waals surface area contributed by atoms with Crippen molar-refractivity contribution in [1.82, 2.24) is 5.32 Å². The maximum atomic E-state index is 10.2. The largest absolute Gasteiger partial charge is 1.00 e. The van der Waals surface area contributed by atoms with Crippen LogP contribution in [0.4, 0.5) is 9.59 Å². The number of hydrogen-bond donors (Lipinski definition) is 4. The molecule has 0 spiro atoms. The van der Waals surface area contributed by atoms with E-state index in [4.69, 9.17) is 4.79 Å². The monoisotopic (exact) mass is 278 g/mol. The molecule has 4 nitrogen and oxygen atoms in total. The van der Waals surface area contributed by atoms with E-state index >= 15 is 0 Å². The fourth-order valence-corrected chi connectivity index (χ4v) is 0.859. The van der Waals surface area contributed by atoms with Gasteiger partial charge in [0, 0.05) is 6.54 Å². The van der Waals surface area contributed by atoms with Gasteiger partial charge in [-0.15, -0.1) is 0 Å². The van der Waals surface area contributed by atoms with Crippen molar-refractivity contribution >= 4 is 35.7 Å². The Morgan fingerprint density at radius 3 is 2.07 bits per heavy atom. The number of primary amides is 1. The summed E-state index contributed by atoms with van der Waals surface area (Å²) in [4.78, 5) is 19.3. The van der Waals surface area contributed by atoms with Crippen LogP contribution in [0.1, 0.15) is 34.0 Å². The summed E-state index contributed by atoms with van der Waals surface area (Å²) >= 11 is 6.68. The summed E-state index contributed by atoms with van der Waals surface area (Å²) in [6.07, 6.45) is 4.75. The molecule has 7 heteroatoms. The van der Waals surface area contributed by atoms with E-state index in [2.05, 4.69) is 43.2 Å². The van der Waals surface area contributed by atoms with Crippen molar-refractivity contribution in [2.24, 2.45) is 5.73 Å². The van der Waals surface area contributed by atoms with Gasteiger partial charge in [-0.3, -0.25) is 9.59 Å². The third-order valence-electron chi connectivity index (χ3n) is 1.31. The van der Waals surface area contributed by atoms with Gasteiger partial charge >= 0.3 is 51.4 Å². The second-order valence-corrected chi connectivity index (χ2v) is 3.48. The third-order valence-corrected chi connectivity index (χ3v) is 1.46. The Kier molecular flexibility index (Phi) is 25.4. The first kappa shape index (κ1) is 21.5. The molecule has 0 aromatic rings. The standard InChI is InChI=1S/C7H15NOS.CH3NOS.K.H/c1-2-3-4-5-6-8-7(9)10;2-1(3)4;;/h2-6H2,1H3,(H2,8,9,10);(H3,2,3,4);;/q;;+1;-1. The average Bonchev–Trinajstić information content (AvgIpc) is 2.02. The van der Waals surface area contributed by atoms with Crippen molar-refractivity contribution < 1.29 is 62.4 Å². The molecule has 0 unspecified atom stereocenters. The third kappa shape index (κ3) is 39.3. The first-order valence-corrected chi connectivity index (χ1v) is 5.35. The molecule has 0 atom stereocenters. The van der Waals surface area contributed by atoms with Crippen molar-refractivity contribution in [3.05, 3.63) is 0 Å². The number of amides is 2. The SMILES string of the molecule is CCCCCCNC(=O)S.NC(=O)S.[H-].[K+]. The maximum absolute atomic E-state index is 10.2. The van der Waals surface area contributed by atoms with Gasteiger partial charge in [-0.2, -0.15) is 0 Å². The van der Waals surface area contributed by atoms with Crippen LogP contribution < -0.4 is 62.4 Å². The predicted octanol–water partition coefficient (Wildman–Crippen LogP) is -0.682. The van der Waals surface area contributed by atoms with Gasteiger partial charge in [-0.05, 0) is 6.42 Å². The molecule has 3 N–H and O–H groups in total. The fraction of sp³-hybridized carbons (Fsp3) is 0.750. The van der Waals surface area contributed by atoms with Crippen molar-refractivity contribution in [3.63, 3.8) is 0 Å². The Morgan fingerprint density at radius 2 is 1.73 bits per heavy atom. The van der Waals surface area contributed by atoms with Gasteiger partial charge in [0.25, 0.3) is 10.5 Å². The van der Waals surface area contributed by atoms with Crippen LogP contribution in [0.2, 0.25) is 0 Å². The van der Waals surface area contributed by atoms with Gasteiger partial charge in [0.1, 0.15) is 0 Å². The molecule has 0 aliphatic heterocycles. The molecule has 0 fully saturated rings. The molecule has 0 saturated carbocycles. The Hall–Kier alpha value is 1.28. The summed E-state index contributed by atoms with van der Waals surface area (Å²) in [5, 5.41) is 1.77. The summed E-state index contributed by atoms with van der Waals surface area (Å²) in [5.74, 6) is 0. The van der Waals surface area contributed by atoms with E-state index < -0.39 is 5.24 Å². The van der Waals surface area contributed by atoms with Crippen LogP contribution in [0, 0.1) is 0 Å². The van der Waals surface area contributed by atoms with Gasteiger partial charge in [-0.25, -0.2) is 0 Å². The van der Waals surface area contributed by atoms with E-state index in [1.54, 1.807) is 0 Å². The van der Waals surface area contributed by atoms with Crippen LogP contribution in [0.3, 0.4) is 0 Å². The smallest absolute Gasteiger partial charge is 1.00 e. The Labute approximate surface area is 146 Å². The maximum Gasteiger partial charge on any atom is 1.00 e. The van der Waals surface area contributed by atoms with Gasteiger partial charge < -0.3 is 12.5 Å². The number of unbranched alkanes of at least 4 members (excludes halogenated alkanes) is 3. The molecule has 86 valence electrons. The minimum Gasteiger partial charge on any atom is -1.00 e. The predicted molar refractivity (Wildman–Crippen MR) is 66.2 cm³/mol. The molecule has 0 rings (SSSR count). The van der Waals surface area contributed by atoms with Crippen molar-refractivity contribution in [1.29, 1.82) is 0 Å². The molecule has 0 aliphatic carbocycles. The minimum atomic E-state index is -0.639. The normalized spacial score (nSPS) is 7.93. The number of rotatable bonds is 5. The number of hydrogen-bond acceptors (Lipinski definition) is 2. The topological polar surface area (TPSA) is 72.2 Å². The molecule has 0 bridgehead atoms. The van der Waals surface area contributed by atoms with E-state index in [-0.39, 0.29) is 58.1 Å². The van der Waals surface area contributed by atoms with Crippen LogP contribution in [0.25, 0.3) is 0 Å². The van der Waals surface area contributed by atoms with Gasteiger partial charge in [0.05, 0.1) is 0 Å². The second kappa shape index (κ2) is 17.7. The molecule has 0 aromatic heterocycles. The molecule has 0 saturated heterocycles. The van der Waals surface area contributed by atoms with Crippen LogP contribution in [0.5, 0.6) is 0 Å². The van der Waals surface area contributed by atoms with Crippen molar-refractivity contribution in [3.8, 4) is 0 Å². The molecular formula is C8H19KN2O2S2. The van der Waals surface area contributed by atoms with E-state index in [1.165, 1.54) is 19.3 Å². The van der Waals surface area contributed by atoms with Crippen LogP contribution in [-0.4, -0.2) is 17.0 Å². The number of carbonyl (C=O) groups excluding carboxylic acids is 2. The van der Waals surface area contributed by atoms with Gasteiger partial charge in [0.15, 0.2) is 0 Å². The van der Waals surface area contributed by atoms with Crippen LogP contribution in [0.15, 0.2) is 0 Å². The molecule has 0 radical (unpaired) electrons. The summed E-state index contributed by atoms with van der Waals surface area (Å²) in [7, 11) is 0. The summed E-state index contributed by atoms with van der Waals surface area (Å²) in [5.41, 5.74) is 4.34. The summed E-state index contributed by atoms with van der Waals surface area (Å²) in [6, 6.07) is 0. The van der Waals surface area contributed by atoms with Crippen molar-refractivity contribution in [2.45, 2.75) is 32.6 Å². The number of thiol groups is 2. The summed E-state index contributed by atoms with van der Waals surface area (Å²) in [6.45, 7) is 2.93. The molecule has 0 aromatic carbocycles. The number of nitrogens with two attached hydrogens (primary N) is 1. The minimum absolute atomic E-state index is 0. The zero-order chi connectivity index (χ0) is 11.4. The fourth-order valence-electron chi connectivity index (χ4n) is 0.747. The molecule has 0 heterocycles. The van der Waals surface area contributed by atoms with E-state index in [9.17, 15) is 4.79 Å². The molecular weight excluding hydrogens is 259 g/mol. The Balaban J connectivity index is -0.000000105. The van der Waals surface area contributed by atoms with E-state index in [0.29, 0.717) is 0 Å². The van der Waals surface area contributed by atoms with Crippen molar-refractivity contribution in [2.75, 3.05) is 6.54 Å². The first-order chi connectivity index (χ1) is 6.50. The average molecular weight is 278 g/mol. The Morgan fingerprint density at radius 1 is 1.27 bits per heavy atom.